The fourth-order valence-electron chi connectivity index (χ4n) is 2.62. The van der Waals surface area contributed by atoms with Crippen molar-refractivity contribution >= 4 is 0 Å². The van der Waals surface area contributed by atoms with Crippen molar-refractivity contribution in [2.75, 3.05) is 6.54 Å². The molecule has 0 spiro atoms. The average Bonchev–Trinajstić information content (AvgIpc) is 2.43. The summed E-state index contributed by atoms with van der Waals surface area (Å²) in [6.07, 6.45) is 0.799. The Kier molecular flexibility index (Phi) is 3.40. The van der Waals surface area contributed by atoms with Gasteiger partial charge in [-0.2, -0.15) is 0 Å². The molecule has 0 fully saturated rings. The fraction of sp³-hybridized carbons (Fsp3) is 0.250. The molecule has 3 rings (SSSR count). The van der Waals surface area contributed by atoms with Gasteiger partial charge in [-0.15, -0.1) is 0 Å². The fourth-order valence-corrected chi connectivity index (χ4v) is 2.62. The predicted octanol–water partition coefficient (Wildman–Crippen LogP) is 3.23. The summed E-state index contributed by atoms with van der Waals surface area (Å²) >= 11 is 0. The molecule has 0 bridgehead atoms. The summed E-state index contributed by atoms with van der Waals surface area (Å²) < 4.78 is 26.4. The molecule has 0 radical (unpaired) electrons. The van der Waals surface area contributed by atoms with Crippen LogP contribution in [0.1, 0.15) is 16.7 Å². The first kappa shape index (κ1) is 13.1. The van der Waals surface area contributed by atoms with Crippen molar-refractivity contribution in [2.45, 2.75) is 19.5 Å². The largest absolute Gasteiger partial charge is 0.505 e. The maximum absolute atomic E-state index is 13.3. The Morgan fingerprint density at radius 3 is 2.70 bits per heavy atom. The lowest BCUT2D eigenvalue weighted by molar-refractivity contribution is 0.244. The monoisotopic (exact) mass is 275 g/mol. The first-order valence-electron chi connectivity index (χ1n) is 6.59. The summed E-state index contributed by atoms with van der Waals surface area (Å²) in [5.74, 6) is -1.12. The lowest BCUT2D eigenvalue weighted by Crippen LogP contribution is -2.30. The van der Waals surface area contributed by atoms with Gasteiger partial charge in [0.2, 0.25) is 0 Å². The van der Waals surface area contributed by atoms with Gasteiger partial charge < -0.3 is 5.11 Å². The van der Waals surface area contributed by atoms with Gasteiger partial charge in [0.05, 0.1) is 0 Å². The molecule has 1 aliphatic rings. The topological polar surface area (TPSA) is 23.5 Å². The van der Waals surface area contributed by atoms with E-state index in [0.29, 0.717) is 6.54 Å². The minimum atomic E-state index is -0.595. The molecule has 2 nitrogen and oxygen atoms in total. The summed E-state index contributed by atoms with van der Waals surface area (Å²) in [4.78, 5) is 2.19. The summed E-state index contributed by atoms with van der Waals surface area (Å²) in [5, 5.41) is 9.18. The highest BCUT2D eigenvalue weighted by Crippen LogP contribution is 2.23. The Morgan fingerprint density at radius 1 is 1.05 bits per heavy atom. The van der Waals surface area contributed by atoms with Gasteiger partial charge in [0.1, 0.15) is 5.82 Å². The summed E-state index contributed by atoms with van der Waals surface area (Å²) in [5.41, 5.74) is 3.00. The molecule has 20 heavy (non-hydrogen) atoms. The second-order valence-electron chi connectivity index (χ2n) is 5.16. The lowest BCUT2D eigenvalue weighted by Gasteiger charge is -2.28. The first-order chi connectivity index (χ1) is 9.61. The van der Waals surface area contributed by atoms with E-state index in [0.717, 1.165) is 36.2 Å². The standard InChI is InChI=1S/C16H15F2NO/c17-14-3-2-13-10-19(6-5-12(13)8-14)9-11-1-4-16(20)15(18)7-11/h1-4,7-8,20H,5-6,9-10H2. The highest BCUT2D eigenvalue weighted by atomic mass is 19.1. The van der Waals surface area contributed by atoms with E-state index >= 15 is 0 Å². The molecule has 0 amide bonds. The third-order valence-electron chi connectivity index (χ3n) is 3.68. The quantitative estimate of drug-likeness (QED) is 0.909. The van der Waals surface area contributed by atoms with Crippen LogP contribution in [0.2, 0.25) is 0 Å². The number of hydrogen-bond donors (Lipinski definition) is 1. The number of aromatic hydroxyl groups is 1. The smallest absolute Gasteiger partial charge is 0.165 e. The van der Waals surface area contributed by atoms with Gasteiger partial charge in [-0.25, -0.2) is 8.78 Å². The van der Waals surface area contributed by atoms with E-state index in [9.17, 15) is 13.9 Å². The molecule has 2 aromatic rings. The number of halogens is 2. The van der Waals surface area contributed by atoms with Gasteiger partial charge in [-0.05, 0) is 47.4 Å². The molecule has 0 unspecified atom stereocenters. The zero-order valence-corrected chi connectivity index (χ0v) is 10.9. The zero-order chi connectivity index (χ0) is 14.1. The molecule has 0 atom stereocenters. The highest BCUT2D eigenvalue weighted by molar-refractivity contribution is 5.31. The van der Waals surface area contributed by atoms with E-state index in [1.807, 2.05) is 6.07 Å². The van der Waals surface area contributed by atoms with Gasteiger partial charge in [0.15, 0.2) is 11.6 Å². The number of fused-ring (bicyclic) bond motifs is 1. The Balaban J connectivity index is 1.74. The van der Waals surface area contributed by atoms with Gasteiger partial charge in [0, 0.05) is 19.6 Å². The van der Waals surface area contributed by atoms with E-state index < -0.39 is 5.82 Å². The number of hydrogen-bond acceptors (Lipinski definition) is 2. The maximum Gasteiger partial charge on any atom is 0.165 e. The molecule has 2 aromatic carbocycles. The third-order valence-corrected chi connectivity index (χ3v) is 3.68. The van der Waals surface area contributed by atoms with Crippen LogP contribution in [0.5, 0.6) is 5.75 Å². The van der Waals surface area contributed by atoms with Gasteiger partial charge >= 0.3 is 0 Å². The Morgan fingerprint density at radius 2 is 1.90 bits per heavy atom. The van der Waals surface area contributed by atoms with Crippen LogP contribution in [-0.2, 0) is 19.5 Å². The second-order valence-corrected chi connectivity index (χ2v) is 5.16. The summed E-state index contributed by atoms with van der Waals surface area (Å²) in [6, 6.07) is 9.33. The van der Waals surface area contributed by atoms with Crippen LogP contribution in [0.3, 0.4) is 0 Å². The van der Waals surface area contributed by atoms with E-state index in [4.69, 9.17) is 0 Å². The Hall–Kier alpha value is -1.94. The molecule has 0 aliphatic carbocycles. The van der Waals surface area contributed by atoms with Crippen molar-refractivity contribution in [1.29, 1.82) is 0 Å². The van der Waals surface area contributed by atoms with Crippen molar-refractivity contribution in [3.8, 4) is 5.75 Å². The molecule has 1 N–H and O–H groups in total. The number of rotatable bonds is 2. The highest BCUT2D eigenvalue weighted by Gasteiger charge is 2.17. The second kappa shape index (κ2) is 5.21. The van der Waals surface area contributed by atoms with Crippen LogP contribution in [0.25, 0.3) is 0 Å². The van der Waals surface area contributed by atoms with E-state index in [1.165, 1.54) is 18.2 Å². The molecule has 0 aromatic heterocycles. The van der Waals surface area contributed by atoms with Crippen molar-refractivity contribution in [3.63, 3.8) is 0 Å². The van der Waals surface area contributed by atoms with Crippen molar-refractivity contribution in [3.05, 3.63) is 64.7 Å². The van der Waals surface area contributed by atoms with Gasteiger partial charge in [-0.3, -0.25) is 4.90 Å². The van der Waals surface area contributed by atoms with Crippen LogP contribution < -0.4 is 0 Å². The minimum absolute atomic E-state index is 0.196. The maximum atomic E-state index is 13.3. The number of benzene rings is 2. The van der Waals surface area contributed by atoms with Crippen LogP contribution in [0.4, 0.5) is 8.78 Å². The van der Waals surface area contributed by atoms with E-state index in [2.05, 4.69) is 4.90 Å². The molecule has 0 saturated heterocycles. The molecule has 0 saturated carbocycles. The van der Waals surface area contributed by atoms with E-state index in [1.54, 1.807) is 12.1 Å². The molecule has 4 heteroatoms. The Labute approximate surface area is 116 Å². The first-order valence-corrected chi connectivity index (χ1v) is 6.59. The van der Waals surface area contributed by atoms with Crippen molar-refractivity contribution < 1.29 is 13.9 Å². The van der Waals surface area contributed by atoms with Crippen LogP contribution >= 0.6 is 0 Å². The summed E-state index contributed by atoms with van der Waals surface area (Å²) in [7, 11) is 0. The van der Waals surface area contributed by atoms with Gasteiger partial charge in [-0.1, -0.05) is 12.1 Å². The van der Waals surface area contributed by atoms with E-state index in [-0.39, 0.29) is 11.6 Å². The third kappa shape index (κ3) is 2.65. The number of phenols is 1. The molecular formula is C16H15F2NO. The van der Waals surface area contributed by atoms with Crippen LogP contribution in [0.15, 0.2) is 36.4 Å². The Bertz CT molecular complexity index is 642. The minimum Gasteiger partial charge on any atom is -0.505 e. The predicted molar refractivity (Wildman–Crippen MR) is 72.3 cm³/mol. The molecule has 104 valence electrons. The van der Waals surface area contributed by atoms with Crippen LogP contribution in [-0.4, -0.2) is 16.6 Å². The van der Waals surface area contributed by atoms with Crippen molar-refractivity contribution in [1.82, 2.24) is 4.90 Å². The van der Waals surface area contributed by atoms with Crippen molar-refractivity contribution in [2.24, 2.45) is 0 Å². The molecule has 1 heterocycles. The van der Waals surface area contributed by atoms with Crippen LogP contribution in [0, 0.1) is 11.6 Å². The zero-order valence-electron chi connectivity index (χ0n) is 10.9. The normalized spacial score (nSPS) is 15.1. The number of nitrogens with zero attached hydrogens (tertiary/aromatic N) is 1. The summed E-state index contributed by atoms with van der Waals surface area (Å²) in [6.45, 7) is 2.17. The van der Waals surface area contributed by atoms with Gasteiger partial charge in [0.25, 0.3) is 0 Å². The average molecular weight is 275 g/mol. The molecular weight excluding hydrogens is 260 g/mol. The SMILES string of the molecule is Oc1ccc(CN2CCc3cc(F)ccc3C2)cc1F. The molecule has 1 aliphatic heterocycles. The number of phenolic OH excluding ortho intramolecular Hbond substituents is 1. The lowest BCUT2D eigenvalue weighted by atomic mass is 9.99.